The summed E-state index contributed by atoms with van der Waals surface area (Å²) in [6.07, 6.45) is 3.38. The fourth-order valence-corrected chi connectivity index (χ4v) is 2.05. The highest BCUT2D eigenvalue weighted by molar-refractivity contribution is 7.80. The molecule has 1 aliphatic carbocycles. The molecule has 0 bridgehead atoms. The summed E-state index contributed by atoms with van der Waals surface area (Å²) in [6, 6.07) is 7.32. The van der Waals surface area contributed by atoms with Gasteiger partial charge < -0.3 is 5.32 Å². The van der Waals surface area contributed by atoms with Gasteiger partial charge in [-0.2, -0.15) is 0 Å². The monoisotopic (exact) mass is 221 g/mol. The predicted molar refractivity (Wildman–Crippen MR) is 63.4 cm³/mol. The number of rotatable bonds is 2. The Kier molecular flexibility index (Phi) is 2.74. The average molecular weight is 221 g/mol. The Labute approximate surface area is 95.5 Å². The molecule has 0 radical (unpaired) electrons. The van der Waals surface area contributed by atoms with E-state index >= 15 is 0 Å². The van der Waals surface area contributed by atoms with Crippen LogP contribution in [-0.4, -0.2) is 11.4 Å². The largest absolute Gasteiger partial charge is 0.347 e. The normalized spacial score (nSPS) is 18.0. The first-order chi connectivity index (χ1) is 7.09. The third-order valence-corrected chi connectivity index (χ3v) is 3.26. The van der Waals surface area contributed by atoms with Crippen LogP contribution >= 0.6 is 12.6 Å². The zero-order valence-electron chi connectivity index (χ0n) is 8.79. The molecule has 1 N–H and O–H groups in total. The number of benzene rings is 1. The van der Waals surface area contributed by atoms with E-state index < -0.39 is 0 Å². The zero-order valence-corrected chi connectivity index (χ0v) is 9.68. The number of hydrogen-bond acceptors (Lipinski definition) is 2. The highest BCUT2D eigenvalue weighted by atomic mass is 32.1. The predicted octanol–water partition coefficient (Wildman–Crippen LogP) is 2.65. The first-order valence-electron chi connectivity index (χ1n) is 5.21. The quantitative estimate of drug-likeness (QED) is 0.739. The van der Waals surface area contributed by atoms with Gasteiger partial charge in [-0.25, -0.2) is 0 Å². The maximum atomic E-state index is 11.9. The number of carbonyl (C=O) groups is 1. The Bertz CT molecular complexity index is 385. The summed E-state index contributed by atoms with van der Waals surface area (Å²) in [7, 11) is 0. The van der Waals surface area contributed by atoms with Gasteiger partial charge in [0.2, 0.25) is 0 Å². The minimum atomic E-state index is 0.00750. The molecule has 1 aromatic rings. The van der Waals surface area contributed by atoms with E-state index in [2.05, 4.69) is 24.9 Å². The van der Waals surface area contributed by atoms with Crippen molar-refractivity contribution >= 4 is 18.5 Å². The molecule has 1 amide bonds. The van der Waals surface area contributed by atoms with Crippen LogP contribution in [0.3, 0.4) is 0 Å². The van der Waals surface area contributed by atoms with Gasteiger partial charge in [0, 0.05) is 16.0 Å². The summed E-state index contributed by atoms with van der Waals surface area (Å²) in [5.41, 5.74) is 0.708. The smallest absolute Gasteiger partial charge is 0.251 e. The molecule has 0 aromatic heterocycles. The Morgan fingerprint density at radius 1 is 1.47 bits per heavy atom. The van der Waals surface area contributed by atoms with Gasteiger partial charge in [-0.1, -0.05) is 6.07 Å². The molecule has 1 aliphatic rings. The number of amides is 1. The Balaban J connectivity index is 2.08. The van der Waals surface area contributed by atoms with E-state index in [-0.39, 0.29) is 11.4 Å². The summed E-state index contributed by atoms with van der Waals surface area (Å²) in [4.78, 5) is 12.7. The summed E-state index contributed by atoms with van der Waals surface area (Å²) in [5, 5.41) is 3.06. The summed E-state index contributed by atoms with van der Waals surface area (Å²) < 4.78 is 0. The molecule has 80 valence electrons. The van der Waals surface area contributed by atoms with Crippen molar-refractivity contribution in [2.24, 2.45) is 0 Å². The molecule has 2 rings (SSSR count). The first kappa shape index (κ1) is 10.6. The van der Waals surface area contributed by atoms with Gasteiger partial charge in [-0.3, -0.25) is 4.79 Å². The molecule has 0 atom stereocenters. The van der Waals surface area contributed by atoms with Crippen LogP contribution in [0.25, 0.3) is 0 Å². The highest BCUT2D eigenvalue weighted by Crippen LogP contribution is 2.31. The van der Waals surface area contributed by atoms with Gasteiger partial charge in [0.1, 0.15) is 0 Å². The summed E-state index contributed by atoms with van der Waals surface area (Å²) in [6.45, 7) is 2.10. The third-order valence-electron chi connectivity index (χ3n) is 2.98. The fraction of sp³-hybridized carbons (Fsp3) is 0.417. The van der Waals surface area contributed by atoms with Gasteiger partial charge in [0.25, 0.3) is 5.91 Å². The van der Waals surface area contributed by atoms with E-state index in [1.165, 1.54) is 6.42 Å². The van der Waals surface area contributed by atoms with Crippen LogP contribution in [0.2, 0.25) is 0 Å². The van der Waals surface area contributed by atoms with Crippen LogP contribution in [0.4, 0.5) is 0 Å². The molecule has 0 spiro atoms. The van der Waals surface area contributed by atoms with Crippen LogP contribution < -0.4 is 5.32 Å². The van der Waals surface area contributed by atoms with E-state index in [9.17, 15) is 4.79 Å². The van der Waals surface area contributed by atoms with Gasteiger partial charge in [-0.15, -0.1) is 12.6 Å². The molecule has 1 fully saturated rings. The van der Waals surface area contributed by atoms with Gasteiger partial charge in [0.05, 0.1) is 0 Å². The topological polar surface area (TPSA) is 29.1 Å². The highest BCUT2D eigenvalue weighted by Gasteiger charge is 2.33. The molecule has 0 aliphatic heterocycles. The fourth-order valence-electron chi connectivity index (χ4n) is 1.83. The molecule has 0 unspecified atom stereocenters. The SMILES string of the molecule is CC1(NC(=O)c2cccc(S)c2)CCC1. The van der Waals surface area contributed by atoms with E-state index in [1.54, 1.807) is 6.07 Å². The molecule has 3 heteroatoms. The third kappa shape index (κ3) is 2.34. The lowest BCUT2D eigenvalue weighted by Gasteiger charge is -2.39. The van der Waals surface area contributed by atoms with Crippen molar-refractivity contribution in [2.45, 2.75) is 36.6 Å². The first-order valence-corrected chi connectivity index (χ1v) is 5.65. The van der Waals surface area contributed by atoms with Crippen molar-refractivity contribution < 1.29 is 4.79 Å². The van der Waals surface area contributed by atoms with E-state index in [0.717, 1.165) is 17.7 Å². The maximum absolute atomic E-state index is 11.9. The van der Waals surface area contributed by atoms with Crippen molar-refractivity contribution in [1.29, 1.82) is 0 Å². The van der Waals surface area contributed by atoms with E-state index in [0.29, 0.717) is 5.56 Å². The van der Waals surface area contributed by atoms with Gasteiger partial charge in [-0.05, 0) is 44.4 Å². The molecular formula is C12H15NOS. The molecule has 1 saturated carbocycles. The Morgan fingerprint density at radius 2 is 2.20 bits per heavy atom. The standard InChI is InChI=1S/C12H15NOS/c1-12(6-3-7-12)13-11(14)9-4-2-5-10(15)8-9/h2,4-5,8,15H,3,6-7H2,1H3,(H,13,14). The lowest BCUT2D eigenvalue weighted by Crippen LogP contribution is -2.50. The summed E-state index contributed by atoms with van der Waals surface area (Å²) >= 11 is 4.22. The lowest BCUT2D eigenvalue weighted by molar-refractivity contribution is 0.0850. The second kappa shape index (κ2) is 3.89. The van der Waals surface area contributed by atoms with E-state index in [1.807, 2.05) is 18.2 Å². The van der Waals surface area contributed by atoms with Crippen molar-refractivity contribution in [3.05, 3.63) is 29.8 Å². The van der Waals surface area contributed by atoms with Gasteiger partial charge in [0.15, 0.2) is 0 Å². The minimum absolute atomic E-state index is 0.00750. The average Bonchev–Trinajstić information content (AvgIpc) is 2.15. The van der Waals surface area contributed by atoms with E-state index in [4.69, 9.17) is 0 Å². The van der Waals surface area contributed by atoms with Crippen molar-refractivity contribution in [3.63, 3.8) is 0 Å². The minimum Gasteiger partial charge on any atom is -0.347 e. The van der Waals surface area contributed by atoms with Crippen LogP contribution in [0.5, 0.6) is 0 Å². The molecule has 0 saturated heterocycles. The zero-order chi connectivity index (χ0) is 10.9. The number of nitrogens with one attached hydrogen (secondary N) is 1. The molecular weight excluding hydrogens is 206 g/mol. The number of carbonyl (C=O) groups excluding carboxylic acids is 1. The Morgan fingerprint density at radius 3 is 2.73 bits per heavy atom. The molecule has 1 aromatic carbocycles. The summed E-state index contributed by atoms with van der Waals surface area (Å²) in [5.74, 6) is 0.00750. The van der Waals surface area contributed by atoms with Crippen LogP contribution in [-0.2, 0) is 0 Å². The number of thiol groups is 1. The van der Waals surface area contributed by atoms with Gasteiger partial charge >= 0.3 is 0 Å². The molecule has 2 nitrogen and oxygen atoms in total. The lowest BCUT2D eigenvalue weighted by atomic mass is 9.78. The van der Waals surface area contributed by atoms with Crippen LogP contribution in [0, 0.1) is 0 Å². The molecule has 15 heavy (non-hydrogen) atoms. The van der Waals surface area contributed by atoms with Crippen LogP contribution in [0.15, 0.2) is 29.2 Å². The van der Waals surface area contributed by atoms with Crippen molar-refractivity contribution in [2.75, 3.05) is 0 Å². The maximum Gasteiger partial charge on any atom is 0.251 e. The van der Waals surface area contributed by atoms with Crippen molar-refractivity contribution in [3.8, 4) is 0 Å². The Hall–Kier alpha value is -0.960. The van der Waals surface area contributed by atoms with Crippen LogP contribution in [0.1, 0.15) is 36.5 Å². The van der Waals surface area contributed by atoms with Crippen molar-refractivity contribution in [1.82, 2.24) is 5.32 Å². The number of hydrogen-bond donors (Lipinski definition) is 2. The second-order valence-electron chi connectivity index (χ2n) is 4.42. The molecule has 0 heterocycles. The second-order valence-corrected chi connectivity index (χ2v) is 4.94.